The Kier molecular flexibility index (Phi) is 5.17. The van der Waals surface area contributed by atoms with Crippen molar-refractivity contribution in [2.24, 2.45) is 0 Å². The zero-order chi connectivity index (χ0) is 16.9. The molecule has 2 aliphatic rings. The number of rotatable bonds is 5. The van der Waals surface area contributed by atoms with E-state index < -0.39 is 12.1 Å². The average Bonchev–Trinajstić information content (AvgIpc) is 3.05. The number of amides is 4. The summed E-state index contributed by atoms with van der Waals surface area (Å²) in [6.45, 7) is 0.0818. The van der Waals surface area contributed by atoms with Gasteiger partial charge in [0, 0.05) is 6.04 Å². The van der Waals surface area contributed by atoms with Gasteiger partial charge in [-0.1, -0.05) is 25.7 Å². The molecule has 1 saturated heterocycles. The quantitative estimate of drug-likeness (QED) is 0.636. The number of nitrogens with one attached hydrogen (secondary N) is 2. The molecule has 1 aromatic heterocycles. The Bertz CT molecular complexity index is 591. The molecule has 0 bridgehead atoms. The summed E-state index contributed by atoms with van der Waals surface area (Å²) in [4.78, 5) is 37.6. The molecule has 0 unspecified atom stereocenters. The molecule has 7 nitrogen and oxygen atoms in total. The minimum absolute atomic E-state index is 0.0181. The van der Waals surface area contributed by atoms with Crippen LogP contribution in [-0.2, 0) is 16.1 Å². The molecule has 130 valence electrons. The maximum absolute atomic E-state index is 12.3. The van der Waals surface area contributed by atoms with E-state index in [1.807, 2.05) is 0 Å². The van der Waals surface area contributed by atoms with Gasteiger partial charge in [-0.05, 0) is 25.0 Å². The highest BCUT2D eigenvalue weighted by atomic mass is 16.3. The predicted octanol–water partition coefficient (Wildman–Crippen LogP) is 1.93. The van der Waals surface area contributed by atoms with Crippen LogP contribution in [0.15, 0.2) is 22.8 Å². The van der Waals surface area contributed by atoms with E-state index in [0.29, 0.717) is 5.76 Å². The van der Waals surface area contributed by atoms with E-state index in [0.717, 1.165) is 30.6 Å². The van der Waals surface area contributed by atoms with Crippen LogP contribution in [0.25, 0.3) is 0 Å². The Labute approximate surface area is 140 Å². The van der Waals surface area contributed by atoms with Crippen molar-refractivity contribution in [2.45, 2.75) is 63.6 Å². The van der Waals surface area contributed by atoms with Crippen LogP contribution in [0, 0.1) is 0 Å². The second-order valence-corrected chi connectivity index (χ2v) is 6.47. The predicted molar refractivity (Wildman–Crippen MR) is 85.8 cm³/mol. The molecule has 0 spiro atoms. The fourth-order valence-corrected chi connectivity index (χ4v) is 3.32. The molecule has 1 aliphatic carbocycles. The van der Waals surface area contributed by atoms with Crippen molar-refractivity contribution in [2.75, 3.05) is 0 Å². The molecule has 4 amide bonds. The van der Waals surface area contributed by atoms with Gasteiger partial charge in [0.2, 0.25) is 5.91 Å². The van der Waals surface area contributed by atoms with E-state index in [1.54, 1.807) is 12.1 Å². The van der Waals surface area contributed by atoms with Crippen LogP contribution in [0.2, 0.25) is 0 Å². The third-order valence-electron chi connectivity index (χ3n) is 4.61. The first-order valence-electron chi connectivity index (χ1n) is 8.57. The fourth-order valence-electron chi connectivity index (χ4n) is 3.32. The monoisotopic (exact) mass is 333 g/mol. The van der Waals surface area contributed by atoms with Crippen LogP contribution < -0.4 is 10.6 Å². The summed E-state index contributed by atoms with van der Waals surface area (Å²) in [5.41, 5.74) is 0. The van der Waals surface area contributed by atoms with Gasteiger partial charge >= 0.3 is 6.03 Å². The standard InChI is InChI=1S/C17H23N3O4/c21-15(18-12-6-3-1-2-4-7-12)10-14-16(22)20(17(23)19-14)11-13-8-5-9-24-13/h5,8-9,12,14H,1-4,6-7,10-11H2,(H,18,21)(H,19,23)/t14-/m1/s1. The molecule has 2 fully saturated rings. The average molecular weight is 333 g/mol. The summed E-state index contributed by atoms with van der Waals surface area (Å²) in [5.74, 6) is -0.0325. The van der Waals surface area contributed by atoms with Crippen LogP contribution >= 0.6 is 0 Å². The summed E-state index contributed by atoms with van der Waals surface area (Å²) in [6, 6.07) is 2.31. The summed E-state index contributed by atoms with van der Waals surface area (Å²) >= 11 is 0. The fraction of sp³-hybridized carbons (Fsp3) is 0.588. The maximum Gasteiger partial charge on any atom is 0.325 e. The van der Waals surface area contributed by atoms with Crippen LogP contribution in [0.5, 0.6) is 0 Å². The maximum atomic E-state index is 12.3. The second-order valence-electron chi connectivity index (χ2n) is 6.47. The van der Waals surface area contributed by atoms with Crippen LogP contribution in [-0.4, -0.2) is 34.8 Å². The summed E-state index contributed by atoms with van der Waals surface area (Å²) in [6.07, 6.45) is 8.13. The van der Waals surface area contributed by atoms with E-state index in [-0.39, 0.29) is 30.8 Å². The Balaban J connectivity index is 1.52. The third kappa shape index (κ3) is 3.96. The lowest BCUT2D eigenvalue weighted by molar-refractivity contribution is -0.131. The summed E-state index contributed by atoms with van der Waals surface area (Å²) in [7, 11) is 0. The van der Waals surface area contributed by atoms with Gasteiger partial charge in [0.25, 0.3) is 5.91 Å². The number of hydrogen-bond acceptors (Lipinski definition) is 4. The highest BCUT2D eigenvalue weighted by molar-refractivity contribution is 6.05. The zero-order valence-electron chi connectivity index (χ0n) is 13.6. The topological polar surface area (TPSA) is 91.7 Å². The van der Waals surface area contributed by atoms with E-state index in [9.17, 15) is 14.4 Å². The number of carbonyl (C=O) groups is 3. The molecule has 0 aromatic carbocycles. The Hall–Kier alpha value is -2.31. The minimum Gasteiger partial charge on any atom is -0.467 e. The Morgan fingerprint density at radius 2 is 2.00 bits per heavy atom. The van der Waals surface area contributed by atoms with Gasteiger partial charge in [-0.15, -0.1) is 0 Å². The van der Waals surface area contributed by atoms with Gasteiger partial charge < -0.3 is 15.1 Å². The Morgan fingerprint density at radius 1 is 1.25 bits per heavy atom. The molecule has 3 rings (SSSR count). The molecule has 0 radical (unpaired) electrons. The molecule has 2 N–H and O–H groups in total. The molecule has 1 atom stereocenters. The molecule has 1 aliphatic heterocycles. The van der Waals surface area contributed by atoms with Gasteiger partial charge in [0.15, 0.2) is 0 Å². The van der Waals surface area contributed by atoms with Crippen molar-refractivity contribution in [1.82, 2.24) is 15.5 Å². The minimum atomic E-state index is -0.793. The van der Waals surface area contributed by atoms with Crippen LogP contribution in [0.1, 0.15) is 50.7 Å². The first kappa shape index (κ1) is 16.5. The van der Waals surface area contributed by atoms with Gasteiger partial charge in [-0.25, -0.2) is 4.79 Å². The zero-order valence-corrected chi connectivity index (χ0v) is 13.6. The highest BCUT2D eigenvalue weighted by Gasteiger charge is 2.39. The first-order valence-corrected chi connectivity index (χ1v) is 8.57. The third-order valence-corrected chi connectivity index (χ3v) is 4.61. The van der Waals surface area contributed by atoms with Crippen molar-refractivity contribution in [1.29, 1.82) is 0 Å². The van der Waals surface area contributed by atoms with Gasteiger partial charge in [-0.2, -0.15) is 0 Å². The van der Waals surface area contributed by atoms with Crippen molar-refractivity contribution >= 4 is 17.8 Å². The molecule has 1 saturated carbocycles. The number of hydrogen-bond donors (Lipinski definition) is 2. The van der Waals surface area contributed by atoms with Gasteiger partial charge in [0.05, 0.1) is 19.2 Å². The first-order chi connectivity index (χ1) is 11.6. The van der Waals surface area contributed by atoms with E-state index in [1.165, 1.54) is 19.1 Å². The number of nitrogens with zero attached hydrogens (tertiary/aromatic N) is 1. The van der Waals surface area contributed by atoms with E-state index in [4.69, 9.17) is 4.42 Å². The highest BCUT2D eigenvalue weighted by Crippen LogP contribution is 2.18. The molecule has 1 aromatic rings. The van der Waals surface area contributed by atoms with Crippen LogP contribution in [0.3, 0.4) is 0 Å². The van der Waals surface area contributed by atoms with Crippen molar-refractivity contribution in [3.8, 4) is 0 Å². The lowest BCUT2D eigenvalue weighted by atomic mass is 10.1. The normalized spacial score (nSPS) is 22.3. The lowest BCUT2D eigenvalue weighted by Crippen LogP contribution is -2.40. The van der Waals surface area contributed by atoms with Gasteiger partial charge in [-0.3, -0.25) is 14.5 Å². The molecular weight excluding hydrogens is 310 g/mol. The lowest BCUT2D eigenvalue weighted by Gasteiger charge is -2.17. The molecule has 2 heterocycles. The largest absolute Gasteiger partial charge is 0.467 e. The van der Waals surface area contributed by atoms with Crippen LogP contribution in [0.4, 0.5) is 4.79 Å². The Morgan fingerprint density at radius 3 is 2.67 bits per heavy atom. The van der Waals surface area contributed by atoms with Crippen molar-refractivity contribution in [3.05, 3.63) is 24.2 Å². The molecule has 7 heteroatoms. The summed E-state index contributed by atoms with van der Waals surface area (Å²) < 4.78 is 5.17. The second kappa shape index (κ2) is 7.51. The van der Waals surface area contributed by atoms with E-state index in [2.05, 4.69) is 10.6 Å². The molecular formula is C17H23N3O4. The smallest absolute Gasteiger partial charge is 0.325 e. The SMILES string of the molecule is O=C(C[C@H]1NC(=O)N(Cc2ccco2)C1=O)NC1CCCCCC1. The van der Waals surface area contributed by atoms with Gasteiger partial charge in [0.1, 0.15) is 11.8 Å². The van der Waals surface area contributed by atoms with Crippen molar-refractivity contribution in [3.63, 3.8) is 0 Å². The number of carbonyl (C=O) groups excluding carboxylic acids is 3. The van der Waals surface area contributed by atoms with E-state index >= 15 is 0 Å². The van der Waals surface area contributed by atoms with Crippen molar-refractivity contribution < 1.29 is 18.8 Å². The molecule has 24 heavy (non-hydrogen) atoms. The summed E-state index contributed by atoms with van der Waals surface area (Å²) in [5, 5.41) is 5.58. The number of imide groups is 1. The number of furan rings is 1. The number of urea groups is 1.